The maximum atomic E-state index is 13.8. The van der Waals surface area contributed by atoms with Gasteiger partial charge >= 0.3 is 0 Å². The molecule has 2 aromatic rings. The van der Waals surface area contributed by atoms with E-state index in [0.717, 1.165) is 17.7 Å². The summed E-state index contributed by atoms with van der Waals surface area (Å²) in [6, 6.07) is 11.6. The fraction of sp³-hybridized carbons (Fsp3) is 0.0625. The second-order valence-electron chi connectivity index (χ2n) is 4.57. The summed E-state index contributed by atoms with van der Waals surface area (Å²) in [4.78, 5) is -0.596. The highest BCUT2D eigenvalue weighted by atomic mass is 35.5. The van der Waals surface area contributed by atoms with Crippen molar-refractivity contribution in [3.05, 3.63) is 69.3 Å². The van der Waals surface area contributed by atoms with Gasteiger partial charge in [-0.1, -0.05) is 35.4 Å². The lowest BCUT2D eigenvalue weighted by atomic mass is 10.2. The number of nitriles is 1. The van der Waals surface area contributed by atoms with Crippen LogP contribution in [0.1, 0.15) is 11.1 Å². The fourth-order valence-electron chi connectivity index (χ4n) is 1.79. The maximum Gasteiger partial charge on any atom is 0.216 e. The molecule has 0 aliphatic heterocycles. The third kappa shape index (κ3) is 3.19. The van der Waals surface area contributed by atoms with Gasteiger partial charge in [-0.2, -0.15) is 5.26 Å². The van der Waals surface area contributed by atoms with Crippen LogP contribution in [0.3, 0.4) is 0 Å². The maximum absolute atomic E-state index is 13.8. The summed E-state index contributed by atoms with van der Waals surface area (Å²) < 4.78 is 38.6. The smallest absolute Gasteiger partial charge is 0.216 e. The van der Waals surface area contributed by atoms with Crippen LogP contribution in [-0.4, -0.2) is 8.42 Å². The molecule has 112 valence electrons. The van der Waals surface area contributed by atoms with E-state index in [9.17, 15) is 12.8 Å². The number of allylic oxidation sites excluding steroid dienone is 1. The highest BCUT2D eigenvalue weighted by Gasteiger charge is 2.21. The molecule has 0 bridgehead atoms. The number of benzene rings is 2. The second kappa shape index (κ2) is 6.30. The van der Waals surface area contributed by atoms with Gasteiger partial charge in [-0.05, 0) is 37.3 Å². The van der Waals surface area contributed by atoms with Crippen LogP contribution < -0.4 is 0 Å². The van der Waals surface area contributed by atoms with E-state index in [1.807, 2.05) is 6.92 Å². The van der Waals surface area contributed by atoms with Crippen LogP contribution in [-0.2, 0) is 9.84 Å². The fourth-order valence-corrected chi connectivity index (χ4v) is 3.15. The van der Waals surface area contributed by atoms with Gasteiger partial charge in [0, 0.05) is 5.56 Å². The highest BCUT2D eigenvalue weighted by molar-refractivity contribution is 7.95. The molecule has 0 saturated heterocycles. The SMILES string of the molecule is Cc1ccc(S(=O)(=O)C(C#N)=Cc2c(F)cccc2Cl)cc1. The molecule has 0 aliphatic rings. The Morgan fingerprint density at radius 1 is 1.23 bits per heavy atom. The zero-order valence-corrected chi connectivity index (χ0v) is 13.1. The molecule has 6 heteroatoms. The quantitative estimate of drug-likeness (QED) is 0.792. The molecule has 0 saturated carbocycles. The summed E-state index contributed by atoms with van der Waals surface area (Å²) in [5, 5.41) is 9.19. The number of halogens is 2. The van der Waals surface area contributed by atoms with E-state index >= 15 is 0 Å². The Kier molecular flexibility index (Phi) is 4.65. The van der Waals surface area contributed by atoms with Gasteiger partial charge in [0.2, 0.25) is 9.84 Å². The molecule has 0 amide bonds. The van der Waals surface area contributed by atoms with E-state index in [0.29, 0.717) is 0 Å². The van der Waals surface area contributed by atoms with E-state index in [4.69, 9.17) is 16.9 Å². The van der Waals surface area contributed by atoms with Crippen LogP contribution in [0.2, 0.25) is 5.02 Å². The number of hydrogen-bond acceptors (Lipinski definition) is 3. The molecule has 22 heavy (non-hydrogen) atoms. The minimum absolute atomic E-state index is 0.0293. The molecular formula is C16H11ClFNO2S. The van der Waals surface area contributed by atoms with E-state index < -0.39 is 20.6 Å². The van der Waals surface area contributed by atoms with Crippen LogP contribution in [0, 0.1) is 24.1 Å². The lowest BCUT2D eigenvalue weighted by molar-refractivity contribution is 0.603. The molecule has 0 N–H and O–H groups in total. The van der Waals surface area contributed by atoms with Crippen LogP contribution in [0.15, 0.2) is 52.3 Å². The zero-order chi connectivity index (χ0) is 16.3. The molecule has 0 atom stereocenters. The lowest BCUT2D eigenvalue weighted by Crippen LogP contribution is -2.04. The normalized spacial score (nSPS) is 12.0. The van der Waals surface area contributed by atoms with E-state index in [1.54, 1.807) is 18.2 Å². The van der Waals surface area contributed by atoms with Crippen molar-refractivity contribution in [3.63, 3.8) is 0 Å². The molecule has 0 spiro atoms. The largest absolute Gasteiger partial charge is 0.218 e. The van der Waals surface area contributed by atoms with Crippen molar-refractivity contribution in [2.75, 3.05) is 0 Å². The van der Waals surface area contributed by atoms with Crippen LogP contribution in [0.4, 0.5) is 4.39 Å². The summed E-state index contributed by atoms with van der Waals surface area (Å²) in [6.07, 6.45) is 0.951. The van der Waals surface area contributed by atoms with Crippen LogP contribution in [0.25, 0.3) is 6.08 Å². The van der Waals surface area contributed by atoms with Gasteiger partial charge in [0.05, 0.1) is 9.92 Å². The molecule has 0 fully saturated rings. The monoisotopic (exact) mass is 335 g/mol. The van der Waals surface area contributed by atoms with Crippen molar-refractivity contribution >= 4 is 27.5 Å². The molecule has 0 radical (unpaired) electrons. The minimum Gasteiger partial charge on any atom is -0.218 e. The third-order valence-corrected chi connectivity index (χ3v) is 5.02. The standard InChI is InChI=1S/C16H11ClFNO2S/c1-11-5-7-12(8-6-11)22(20,21)13(10-19)9-14-15(17)3-2-4-16(14)18/h2-9H,1H3. The average molecular weight is 336 g/mol. The molecule has 0 unspecified atom stereocenters. The van der Waals surface area contributed by atoms with Crippen molar-refractivity contribution in [2.24, 2.45) is 0 Å². The Morgan fingerprint density at radius 2 is 1.86 bits per heavy atom. The molecule has 3 nitrogen and oxygen atoms in total. The Balaban J connectivity index is 2.59. The van der Waals surface area contributed by atoms with Crippen LogP contribution >= 0.6 is 11.6 Å². The van der Waals surface area contributed by atoms with Gasteiger partial charge in [0.15, 0.2) is 0 Å². The van der Waals surface area contributed by atoms with E-state index in [-0.39, 0.29) is 15.5 Å². The highest BCUT2D eigenvalue weighted by Crippen LogP contribution is 2.26. The van der Waals surface area contributed by atoms with Gasteiger partial charge in [-0.25, -0.2) is 12.8 Å². The Hall–Kier alpha value is -2.16. The van der Waals surface area contributed by atoms with Gasteiger partial charge < -0.3 is 0 Å². The molecule has 2 rings (SSSR count). The van der Waals surface area contributed by atoms with Gasteiger partial charge in [-0.3, -0.25) is 0 Å². The Labute approximate surface area is 133 Å². The first kappa shape index (κ1) is 16.2. The van der Waals surface area contributed by atoms with Crippen molar-refractivity contribution < 1.29 is 12.8 Å². The summed E-state index contributed by atoms with van der Waals surface area (Å²) >= 11 is 5.86. The number of rotatable bonds is 3. The molecular weight excluding hydrogens is 325 g/mol. The summed E-state index contributed by atoms with van der Waals surface area (Å²) in [7, 11) is -4.02. The van der Waals surface area contributed by atoms with Gasteiger partial charge in [0.25, 0.3) is 0 Å². The van der Waals surface area contributed by atoms with Gasteiger partial charge in [-0.15, -0.1) is 0 Å². The lowest BCUT2D eigenvalue weighted by Gasteiger charge is -2.05. The predicted molar refractivity (Wildman–Crippen MR) is 83.4 cm³/mol. The average Bonchev–Trinajstić information content (AvgIpc) is 2.47. The van der Waals surface area contributed by atoms with E-state index in [1.165, 1.54) is 24.3 Å². The molecule has 0 aliphatic carbocycles. The van der Waals surface area contributed by atoms with Crippen molar-refractivity contribution in [3.8, 4) is 6.07 Å². The number of nitrogens with zero attached hydrogens (tertiary/aromatic N) is 1. The summed E-state index contributed by atoms with van der Waals surface area (Å²) in [6.45, 7) is 1.82. The molecule has 2 aromatic carbocycles. The first-order valence-corrected chi connectivity index (χ1v) is 8.10. The first-order valence-electron chi connectivity index (χ1n) is 6.24. The van der Waals surface area contributed by atoms with Gasteiger partial charge in [0.1, 0.15) is 16.8 Å². The predicted octanol–water partition coefficient (Wildman–Crippen LogP) is 4.13. The second-order valence-corrected chi connectivity index (χ2v) is 6.90. The third-order valence-electron chi connectivity index (χ3n) is 3.01. The van der Waals surface area contributed by atoms with Crippen molar-refractivity contribution in [1.29, 1.82) is 5.26 Å². The minimum atomic E-state index is -4.02. The zero-order valence-electron chi connectivity index (χ0n) is 11.5. The van der Waals surface area contributed by atoms with Crippen molar-refractivity contribution in [1.82, 2.24) is 0 Å². The van der Waals surface area contributed by atoms with Crippen molar-refractivity contribution in [2.45, 2.75) is 11.8 Å². The topological polar surface area (TPSA) is 57.9 Å². The number of sulfone groups is 1. The molecule has 0 aromatic heterocycles. The van der Waals surface area contributed by atoms with Crippen LogP contribution in [0.5, 0.6) is 0 Å². The summed E-state index contributed by atoms with van der Waals surface area (Å²) in [5.41, 5.74) is 0.759. The number of aryl methyl sites for hydroxylation is 1. The Bertz CT molecular complexity index is 861. The molecule has 0 heterocycles. The number of hydrogen-bond donors (Lipinski definition) is 0. The Morgan fingerprint density at radius 3 is 2.41 bits per heavy atom. The summed E-state index contributed by atoms with van der Waals surface area (Å²) in [5.74, 6) is -0.695. The first-order chi connectivity index (χ1) is 10.4. The van der Waals surface area contributed by atoms with E-state index in [2.05, 4.69) is 0 Å².